The summed E-state index contributed by atoms with van der Waals surface area (Å²) in [6.07, 6.45) is 9.23. The third-order valence-electron chi connectivity index (χ3n) is 8.04. The van der Waals surface area contributed by atoms with Crippen LogP contribution in [0.1, 0.15) is 17.5 Å². The molecule has 6 atom stereocenters. The SMILES string of the molecule is O=C1C2C3C=CC(C4CC34)C2C(=O)N1/N=C/c1cn(Cc2ccc(Cl)cc2)c2ccccc12. The summed E-state index contributed by atoms with van der Waals surface area (Å²) in [6.45, 7) is 0.690. The van der Waals surface area contributed by atoms with Crippen LogP contribution in [0, 0.1) is 35.5 Å². The molecule has 2 bridgehead atoms. The Kier molecular flexibility index (Phi) is 4.04. The molecular weight excluding hydrogens is 434 g/mol. The van der Waals surface area contributed by atoms with E-state index in [2.05, 4.69) is 27.9 Å². The van der Waals surface area contributed by atoms with E-state index in [-0.39, 0.29) is 35.5 Å². The highest BCUT2D eigenvalue weighted by Gasteiger charge is 2.67. The van der Waals surface area contributed by atoms with Gasteiger partial charge < -0.3 is 4.57 Å². The van der Waals surface area contributed by atoms with Crippen LogP contribution >= 0.6 is 11.6 Å². The Morgan fingerprint density at radius 1 is 0.939 bits per heavy atom. The van der Waals surface area contributed by atoms with Gasteiger partial charge in [0.2, 0.25) is 0 Å². The van der Waals surface area contributed by atoms with Crippen molar-refractivity contribution in [3.63, 3.8) is 0 Å². The smallest absolute Gasteiger partial charge is 0.254 e. The first-order chi connectivity index (χ1) is 16.1. The number of carbonyl (C=O) groups excluding carboxylic acids is 2. The number of allylic oxidation sites excluding steroid dienone is 2. The maximum absolute atomic E-state index is 13.2. The van der Waals surface area contributed by atoms with Gasteiger partial charge in [-0.3, -0.25) is 9.59 Å². The molecule has 164 valence electrons. The second kappa shape index (κ2) is 6.91. The largest absolute Gasteiger partial charge is 0.342 e. The lowest BCUT2D eigenvalue weighted by atomic mass is 9.63. The number of benzene rings is 2. The zero-order valence-corrected chi connectivity index (χ0v) is 18.6. The van der Waals surface area contributed by atoms with Crippen molar-refractivity contribution in [2.45, 2.75) is 13.0 Å². The Bertz CT molecular complexity index is 1340. The maximum Gasteiger partial charge on any atom is 0.254 e. The molecule has 5 aliphatic rings. The molecule has 1 aromatic heterocycles. The predicted octanol–water partition coefficient (Wildman–Crippen LogP) is 4.73. The first-order valence-electron chi connectivity index (χ1n) is 11.5. The normalized spacial score (nSPS) is 31.6. The first-order valence-corrected chi connectivity index (χ1v) is 11.9. The van der Waals surface area contributed by atoms with E-state index in [1.165, 1.54) is 0 Å². The van der Waals surface area contributed by atoms with Gasteiger partial charge in [0.05, 0.1) is 18.1 Å². The van der Waals surface area contributed by atoms with Gasteiger partial charge in [-0.15, -0.1) is 0 Å². The van der Waals surface area contributed by atoms with Crippen LogP contribution in [-0.4, -0.2) is 27.6 Å². The number of para-hydroxylation sites is 1. The van der Waals surface area contributed by atoms with E-state index in [1.807, 2.05) is 48.7 Å². The Morgan fingerprint density at radius 3 is 2.30 bits per heavy atom. The number of hydrogen-bond acceptors (Lipinski definition) is 3. The molecule has 5 nitrogen and oxygen atoms in total. The average Bonchev–Trinajstić information content (AvgIpc) is 3.54. The number of nitrogens with zero attached hydrogens (tertiary/aromatic N) is 3. The minimum Gasteiger partial charge on any atom is -0.342 e. The van der Waals surface area contributed by atoms with Crippen LogP contribution in [0.15, 0.2) is 72.0 Å². The highest BCUT2D eigenvalue weighted by Crippen LogP contribution is 2.65. The molecule has 3 aromatic rings. The topological polar surface area (TPSA) is 54.7 Å². The molecule has 1 aliphatic heterocycles. The Labute approximate surface area is 196 Å². The van der Waals surface area contributed by atoms with Gasteiger partial charge in [-0.05, 0) is 53.9 Å². The van der Waals surface area contributed by atoms with E-state index in [4.69, 9.17) is 11.6 Å². The van der Waals surface area contributed by atoms with Gasteiger partial charge in [-0.2, -0.15) is 10.1 Å². The summed E-state index contributed by atoms with van der Waals surface area (Å²) >= 11 is 6.03. The molecule has 6 heteroatoms. The average molecular weight is 456 g/mol. The molecule has 2 amide bonds. The molecule has 1 saturated heterocycles. The Morgan fingerprint density at radius 2 is 1.61 bits per heavy atom. The summed E-state index contributed by atoms with van der Waals surface area (Å²) in [5.74, 6) is 0.900. The minimum atomic E-state index is -0.223. The van der Waals surface area contributed by atoms with Gasteiger partial charge in [0.15, 0.2) is 0 Å². The van der Waals surface area contributed by atoms with Gasteiger partial charge in [0.25, 0.3) is 11.8 Å². The van der Waals surface area contributed by atoms with E-state index in [0.717, 1.165) is 33.5 Å². The zero-order valence-electron chi connectivity index (χ0n) is 17.8. The fourth-order valence-electron chi connectivity index (χ4n) is 6.47. The summed E-state index contributed by atoms with van der Waals surface area (Å²) in [5.41, 5.74) is 3.10. The number of aromatic nitrogens is 1. The van der Waals surface area contributed by atoms with Crippen LogP contribution in [0.25, 0.3) is 10.9 Å². The van der Waals surface area contributed by atoms with E-state index >= 15 is 0 Å². The number of amides is 2. The zero-order chi connectivity index (χ0) is 22.3. The van der Waals surface area contributed by atoms with E-state index < -0.39 is 0 Å². The fourth-order valence-corrected chi connectivity index (χ4v) is 6.60. The molecule has 0 spiro atoms. The molecule has 33 heavy (non-hydrogen) atoms. The van der Waals surface area contributed by atoms with Gasteiger partial charge in [0.1, 0.15) is 0 Å². The van der Waals surface area contributed by atoms with Crippen molar-refractivity contribution in [2.75, 3.05) is 0 Å². The van der Waals surface area contributed by atoms with Crippen LogP contribution in [-0.2, 0) is 16.1 Å². The molecule has 6 unspecified atom stereocenters. The number of rotatable bonds is 4. The monoisotopic (exact) mass is 455 g/mol. The molecule has 3 fully saturated rings. The van der Waals surface area contributed by atoms with E-state index in [0.29, 0.717) is 23.4 Å². The molecule has 2 aromatic carbocycles. The molecule has 2 heterocycles. The van der Waals surface area contributed by atoms with Crippen molar-refractivity contribution in [3.05, 3.63) is 83.0 Å². The van der Waals surface area contributed by atoms with Crippen molar-refractivity contribution in [2.24, 2.45) is 40.6 Å². The first kappa shape index (κ1) is 19.3. The van der Waals surface area contributed by atoms with Crippen LogP contribution in [0.4, 0.5) is 0 Å². The molecule has 0 N–H and O–H groups in total. The third kappa shape index (κ3) is 2.81. The number of halogens is 1. The Balaban J connectivity index is 1.20. The Hall–Kier alpha value is -3.18. The maximum atomic E-state index is 13.2. The molecule has 0 radical (unpaired) electrons. The summed E-state index contributed by atoms with van der Waals surface area (Å²) in [4.78, 5) is 26.4. The summed E-state index contributed by atoms with van der Waals surface area (Å²) in [6, 6.07) is 15.9. The van der Waals surface area contributed by atoms with E-state index in [9.17, 15) is 9.59 Å². The van der Waals surface area contributed by atoms with Crippen LogP contribution in [0.3, 0.4) is 0 Å². The highest BCUT2D eigenvalue weighted by atomic mass is 35.5. The lowest BCUT2D eigenvalue weighted by Crippen LogP contribution is -2.40. The number of hydrogen-bond donors (Lipinski definition) is 0. The standard InChI is InChI=1S/C27H22ClN3O2/c28-17-7-5-15(6-8-17)13-30-14-16(18-3-1-2-4-23(18)30)12-29-31-26(32)24-19-9-10-20(22-11-21(19)22)25(24)27(31)33/h1-10,12,14,19-22,24-25H,11,13H2/b29-12+. The fraction of sp³-hybridized carbons (Fsp3) is 0.296. The van der Waals surface area contributed by atoms with Gasteiger partial charge >= 0.3 is 0 Å². The second-order valence-electron chi connectivity index (χ2n) is 9.74. The molecular formula is C27H22ClN3O2. The van der Waals surface area contributed by atoms with Gasteiger partial charge in [0, 0.05) is 34.2 Å². The van der Waals surface area contributed by atoms with Crippen molar-refractivity contribution < 1.29 is 9.59 Å². The van der Waals surface area contributed by atoms with Crippen LogP contribution < -0.4 is 0 Å². The predicted molar refractivity (Wildman–Crippen MR) is 127 cm³/mol. The number of carbonyl (C=O) groups is 2. The molecule has 4 aliphatic carbocycles. The van der Waals surface area contributed by atoms with Crippen molar-refractivity contribution in [3.8, 4) is 0 Å². The quantitative estimate of drug-likeness (QED) is 0.324. The molecule has 2 saturated carbocycles. The summed E-state index contributed by atoms with van der Waals surface area (Å²) < 4.78 is 2.16. The van der Waals surface area contributed by atoms with E-state index in [1.54, 1.807) is 6.21 Å². The number of imide groups is 1. The molecule has 8 rings (SSSR count). The van der Waals surface area contributed by atoms with Crippen LogP contribution in [0.5, 0.6) is 0 Å². The lowest BCUT2D eigenvalue weighted by molar-refractivity contribution is -0.140. The van der Waals surface area contributed by atoms with Crippen molar-refractivity contribution in [1.29, 1.82) is 0 Å². The second-order valence-corrected chi connectivity index (χ2v) is 10.2. The highest BCUT2D eigenvalue weighted by molar-refractivity contribution is 6.30. The third-order valence-corrected chi connectivity index (χ3v) is 8.29. The summed E-state index contributed by atoms with van der Waals surface area (Å²) in [5, 5.41) is 7.35. The van der Waals surface area contributed by atoms with Crippen molar-refractivity contribution in [1.82, 2.24) is 9.58 Å². The van der Waals surface area contributed by atoms with Crippen molar-refractivity contribution >= 4 is 40.5 Å². The summed E-state index contributed by atoms with van der Waals surface area (Å²) in [7, 11) is 0. The van der Waals surface area contributed by atoms with Gasteiger partial charge in [-0.25, -0.2) is 0 Å². The lowest BCUT2D eigenvalue weighted by Gasteiger charge is -2.37. The minimum absolute atomic E-state index is 0.129. The number of hydrazone groups is 1. The number of fused-ring (bicyclic) bond motifs is 1. The van der Waals surface area contributed by atoms with Crippen LogP contribution in [0.2, 0.25) is 5.02 Å². The van der Waals surface area contributed by atoms with Gasteiger partial charge in [-0.1, -0.05) is 54.1 Å².